The van der Waals surface area contributed by atoms with Crippen LogP contribution in [0.3, 0.4) is 0 Å². The number of carbonyl (C=O) groups excluding carboxylic acids is 1. The fourth-order valence-electron chi connectivity index (χ4n) is 0.318. The Morgan fingerprint density at radius 2 is 2.25 bits per heavy atom. The van der Waals surface area contributed by atoms with Gasteiger partial charge in [-0.1, -0.05) is 0 Å². The van der Waals surface area contributed by atoms with Crippen LogP contribution < -0.4 is 5.32 Å². The molecule has 3 nitrogen and oxygen atoms in total. The standard InChI is InChI=1S/C5H10NO2/c1-3-6-5(8)4(2)7/h4H,3H2,1-2H3,(H,6,8). The maximum atomic E-state index is 10.3. The van der Waals surface area contributed by atoms with E-state index in [1.54, 1.807) is 6.92 Å². The average Bonchev–Trinajstić information content (AvgIpc) is 1.67. The number of likely N-dealkylation sites (N-methyl/N-ethyl adjacent to an activating group) is 1. The lowest BCUT2D eigenvalue weighted by molar-refractivity contribution is -0.131. The molecule has 1 unspecified atom stereocenters. The van der Waals surface area contributed by atoms with Crippen molar-refractivity contribution < 1.29 is 9.90 Å². The lowest BCUT2D eigenvalue weighted by Gasteiger charge is -1.99. The first kappa shape index (κ1) is 7.43. The van der Waals surface area contributed by atoms with E-state index in [2.05, 4.69) is 5.32 Å². The van der Waals surface area contributed by atoms with E-state index >= 15 is 0 Å². The molecule has 0 aromatic heterocycles. The summed E-state index contributed by atoms with van der Waals surface area (Å²) in [6, 6.07) is 0. The van der Waals surface area contributed by atoms with Gasteiger partial charge in [0.2, 0.25) is 0 Å². The van der Waals surface area contributed by atoms with Gasteiger partial charge in [-0.3, -0.25) is 4.79 Å². The van der Waals surface area contributed by atoms with Gasteiger partial charge in [0.15, 0.2) is 6.10 Å². The molecule has 1 N–H and O–H groups in total. The van der Waals surface area contributed by atoms with Crippen LogP contribution in [-0.4, -0.2) is 18.6 Å². The summed E-state index contributed by atoms with van der Waals surface area (Å²) in [6.45, 7) is 3.64. The van der Waals surface area contributed by atoms with Gasteiger partial charge in [-0.05, 0) is 13.8 Å². The van der Waals surface area contributed by atoms with Crippen LogP contribution in [0.4, 0.5) is 0 Å². The van der Waals surface area contributed by atoms with Crippen molar-refractivity contribution in [1.29, 1.82) is 0 Å². The zero-order valence-corrected chi connectivity index (χ0v) is 5.10. The molecular weight excluding hydrogens is 106 g/mol. The molecule has 0 rings (SSSR count). The molecule has 1 radical (unpaired) electrons. The fraction of sp³-hybridized carbons (Fsp3) is 0.800. The number of rotatable bonds is 2. The summed E-state index contributed by atoms with van der Waals surface area (Å²) in [4.78, 5) is 10.3. The van der Waals surface area contributed by atoms with Crippen molar-refractivity contribution in [2.45, 2.75) is 20.0 Å². The minimum atomic E-state index is -1.13. The summed E-state index contributed by atoms with van der Waals surface area (Å²) in [5.41, 5.74) is 0. The Morgan fingerprint density at radius 1 is 1.75 bits per heavy atom. The Labute approximate surface area is 48.7 Å². The van der Waals surface area contributed by atoms with E-state index in [1.807, 2.05) is 0 Å². The minimum Gasteiger partial charge on any atom is -0.354 e. The molecule has 0 aromatic carbocycles. The third-order valence-electron chi connectivity index (χ3n) is 0.720. The van der Waals surface area contributed by atoms with E-state index < -0.39 is 12.0 Å². The Hall–Kier alpha value is -0.570. The molecule has 0 heterocycles. The molecule has 0 aliphatic heterocycles. The van der Waals surface area contributed by atoms with Crippen LogP contribution in [0.2, 0.25) is 0 Å². The molecule has 1 amide bonds. The topological polar surface area (TPSA) is 49.0 Å². The maximum Gasteiger partial charge on any atom is 0.252 e. The van der Waals surface area contributed by atoms with Crippen LogP contribution >= 0.6 is 0 Å². The van der Waals surface area contributed by atoms with Gasteiger partial charge in [-0.2, -0.15) is 0 Å². The highest BCUT2D eigenvalue weighted by atomic mass is 16.3. The van der Waals surface area contributed by atoms with E-state index in [4.69, 9.17) is 0 Å². The monoisotopic (exact) mass is 116 g/mol. The van der Waals surface area contributed by atoms with E-state index in [0.29, 0.717) is 6.54 Å². The van der Waals surface area contributed by atoms with Gasteiger partial charge in [0.05, 0.1) is 0 Å². The molecule has 0 fully saturated rings. The van der Waals surface area contributed by atoms with Gasteiger partial charge in [0.25, 0.3) is 5.91 Å². The first-order valence-corrected chi connectivity index (χ1v) is 2.62. The van der Waals surface area contributed by atoms with Gasteiger partial charge in [0.1, 0.15) is 0 Å². The molecule has 8 heavy (non-hydrogen) atoms. The second kappa shape index (κ2) is 3.43. The largest absolute Gasteiger partial charge is 0.354 e. The highest BCUT2D eigenvalue weighted by Gasteiger charge is 2.06. The van der Waals surface area contributed by atoms with E-state index in [-0.39, 0.29) is 0 Å². The van der Waals surface area contributed by atoms with Crippen LogP contribution in [0.5, 0.6) is 0 Å². The summed E-state index contributed by atoms with van der Waals surface area (Å²) < 4.78 is 0. The normalized spacial score (nSPS) is 12.9. The lowest BCUT2D eigenvalue weighted by atomic mass is 10.4. The first-order valence-electron chi connectivity index (χ1n) is 2.62. The molecule has 0 aliphatic rings. The van der Waals surface area contributed by atoms with Crippen molar-refractivity contribution in [2.24, 2.45) is 0 Å². The maximum absolute atomic E-state index is 10.3. The summed E-state index contributed by atoms with van der Waals surface area (Å²) >= 11 is 0. The van der Waals surface area contributed by atoms with Gasteiger partial charge >= 0.3 is 0 Å². The predicted molar refractivity (Wildman–Crippen MR) is 28.8 cm³/mol. The average molecular weight is 116 g/mol. The van der Waals surface area contributed by atoms with E-state index in [9.17, 15) is 9.90 Å². The molecule has 47 valence electrons. The zero-order chi connectivity index (χ0) is 6.57. The number of nitrogens with one attached hydrogen (secondary N) is 1. The Kier molecular flexibility index (Phi) is 3.19. The molecule has 3 heteroatoms. The molecule has 0 saturated carbocycles. The number of hydrogen-bond acceptors (Lipinski definition) is 1. The Morgan fingerprint density at radius 3 is 2.38 bits per heavy atom. The van der Waals surface area contributed by atoms with Crippen LogP contribution in [0.15, 0.2) is 0 Å². The number of hydrogen-bond donors (Lipinski definition) is 1. The van der Waals surface area contributed by atoms with Crippen molar-refractivity contribution in [3.05, 3.63) is 0 Å². The van der Waals surface area contributed by atoms with Crippen molar-refractivity contribution in [3.8, 4) is 0 Å². The smallest absolute Gasteiger partial charge is 0.252 e. The second-order valence-corrected chi connectivity index (χ2v) is 1.54. The quantitative estimate of drug-likeness (QED) is 0.540. The van der Waals surface area contributed by atoms with Crippen molar-refractivity contribution in [1.82, 2.24) is 5.32 Å². The predicted octanol–water partition coefficient (Wildman–Crippen LogP) is -0.0585. The van der Waals surface area contributed by atoms with Gasteiger partial charge in [-0.25, -0.2) is 5.11 Å². The fourth-order valence-corrected chi connectivity index (χ4v) is 0.318. The summed E-state index contributed by atoms with van der Waals surface area (Å²) in [5.74, 6) is -0.424. The van der Waals surface area contributed by atoms with Gasteiger partial charge in [0, 0.05) is 6.54 Å². The van der Waals surface area contributed by atoms with Gasteiger partial charge < -0.3 is 5.32 Å². The molecular formula is C5H10NO2. The van der Waals surface area contributed by atoms with Crippen LogP contribution in [-0.2, 0) is 9.90 Å². The third-order valence-corrected chi connectivity index (χ3v) is 0.720. The highest BCUT2D eigenvalue weighted by Crippen LogP contribution is 1.77. The molecule has 0 spiro atoms. The molecule has 0 aliphatic carbocycles. The first-order chi connectivity index (χ1) is 3.68. The summed E-state index contributed by atoms with van der Waals surface area (Å²) in [7, 11) is 0. The van der Waals surface area contributed by atoms with Crippen LogP contribution in [0, 0.1) is 0 Å². The third kappa shape index (κ3) is 2.58. The molecule has 0 bridgehead atoms. The Bertz CT molecular complexity index is 80.5. The molecule has 0 saturated heterocycles. The summed E-state index contributed by atoms with van der Waals surface area (Å²) in [5, 5.41) is 12.6. The van der Waals surface area contributed by atoms with Crippen LogP contribution in [0.1, 0.15) is 13.8 Å². The van der Waals surface area contributed by atoms with Crippen molar-refractivity contribution in [2.75, 3.05) is 6.54 Å². The lowest BCUT2D eigenvalue weighted by Crippen LogP contribution is -2.31. The zero-order valence-electron chi connectivity index (χ0n) is 5.10. The Balaban J connectivity index is 3.33. The van der Waals surface area contributed by atoms with Crippen molar-refractivity contribution in [3.63, 3.8) is 0 Å². The SMILES string of the molecule is CCNC(=O)C(C)[O]. The number of amides is 1. The van der Waals surface area contributed by atoms with E-state index in [1.165, 1.54) is 6.92 Å². The van der Waals surface area contributed by atoms with Crippen molar-refractivity contribution >= 4 is 5.91 Å². The van der Waals surface area contributed by atoms with Gasteiger partial charge in [-0.15, -0.1) is 0 Å². The van der Waals surface area contributed by atoms with E-state index in [0.717, 1.165) is 0 Å². The number of carbonyl (C=O) groups is 1. The summed E-state index contributed by atoms with van der Waals surface area (Å²) in [6.07, 6.45) is -1.13. The second-order valence-electron chi connectivity index (χ2n) is 1.54. The highest BCUT2D eigenvalue weighted by molar-refractivity contribution is 5.79. The van der Waals surface area contributed by atoms with Crippen LogP contribution in [0.25, 0.3) is 0 Å². The minimum absolute atomic E-state index is 0.424. The molecule has 1 atom stereocenters. The molecule has 0 aromatic rings.